The van der Waals surface area contributed by atoms with Crippen molar-refractivity contribution in [2.24, 2.45) is 7.05 Å². The van der Waals surface area contributed by atoms with E-state index in [0.717, 1.165) is 77.7 Å². The summed E-state index contributed by atoms with van der Waals surface area (Å²) in [6, 6.07) is 48.1. The van der Waals surface area contributed by atoms with Crippen LogP contribution in [0.5, 0.6) is 0 Å². The number of hydrogen-bond donors (Lipinski definition) is 6. The molecule has 132 heavy (non-hydrogen) atoms. The molecule has 2 saturated heterocycles. The average Bonchev–Trinajstić information content (AvgIpc) is 1.65. The number of aromatic nitrogens is 17. The summed E-state index contributed by atoms with van der Waals surface area (Å²) in [7, 11) is 7.67. The first kappa shape index (κ1) is 89.7. The number of methoxy groups -OCH3 is 1. The molecule has 0 spiro atoms. The SMILES string of the molecule is COCc1ccc(-c2csc3c(=O)[nH]c(-c4ccccn4)nc23)cc1C.Cc1cc2nc(-c3ccccn3)[nH]c(=O)c2s1.Cc1ccc(CN(C)C)cc1-c1csc2c(=O)[nH]c(-c3ccccn3)nc12.Cc1ccc(N2CCN(C(=O)c3csc4c(=O)[nH]c(-c5ccccn5)nc34)CC2)cc1Cl.Cn1cc(C2CN(C(=O)c3csc4c(=O)[nH]c(-c5ccccn5)nc34)CCN2)cn1. The summed E-state index contributed by atoms with van der Waals surface area (Å²) in [6.07, 6.45) is 12.1. The fourth-order valence-electron chi connectivity index (χ4n) is 15.3. The lowest BCUT2D eigenvalue weighted by atomic mass is 9.99. The number of piperazine rings is 2. The van der Waals surface area contributed by atoms with Crippen LogP contribution in [0.1, 0.15) is 65.0 Å². The first-order valence-electron chi connectivity index (χ1n) is 41.8. The van der Waals surface area contributed by atoms with Gasteiger partial charge in [-0.15, -0.1) is 56.7 Å². The fraction of sp³-hybridized carbons (Fsp3) is 0.188. The second-order valence-corrected chi connectivity index (χ2v) is 36.6. The van der Waals surface area contributed by atoms with Crippen LogP contribution in [-0.2, 0) is 24.9 Å². The maximum atomic E-state index is 13.3. The number of anilines is 1. The zero-order valence-electron chi connectivity index (χ0n) is 72.6. The van der Waals surface area contributed by atoms with Crippen molar-refractivity contribution >= 4 is 137 Å². The quantitative estimate of drug-likeness (QED) is 0.0555. The molecule has 3 aromatic carbocycles. The Labute approximate surface area is 778 Å². The number of benzene rings is 3. The van der Waals surface area contributed by atoms with Crippen LogP contribution < -0.4 is 38.0 Å². The number of thiophene rings is 5. The van der Waals surface area contributed by atoms with Crippen molar-refractivity contribution in [2.45, 2.75) is 46.9 Å². The number of carbonyl (C=O) groups is 2. The molecule has 2 aliphatic heterocycles. The summed E-state index contributed by atoms with van der Waals surface area (Å²) < 4.78 is 9.80. The molecule has 664 valence electrons. The third-order valence-electron chi connectivity index (χ3n) is 21.9. The van der Waals surface area contributed by atoms with Gasteiger partial charge >= 0.3 is 0 Å². The number of nitrogens with one attached hydrogen (secondary N) is 6. The Morgan fingerprint density at radius 3 is 1.43 bits per heavy atom. The molecule has 1 atom stereocenters. The first-order valence-corrected chi connectivity index (χ1v) is 46.5. The van der Waals surface area contributed by atoms with Crippen molar-refractivity contribution in [3.8, 4) is 79.8 Å². The highest BCUT2D eigenvalue weighted by atomic mass is 35.5. The van der Waals surface area contributed by atoms with Gasteiger partial charge in [-0.2, -0.15) is 5.10 Å². The minimum Gasteiger partial charge on any atom is -0.380 e. The van der Waals surface area contributed by atoms with Crippen molar-refractivity contribution < 1.29 is 14.3 Å². The summed E-state index contributed by atoms with van der Waals surface area (Å²) in [5, 5.41) is 15.9. The van der Waals surface area contributed by atoms with Crippen LogP contribution in [-0.4, -0.2) is 178 Å². The van der Waals surface area contributed by atoms with Crippen LogP contribution in [0.15, 0.2) is 241 Å². The van der Waals surface area contributed by atoms with E-state index in [-0.39, 0.29) is 45.7 Å². The lowest BCUT2D eigenvalue weighted by Gasteiger charge is -2.36. The van der Waals surface area contributed by atoms with Gasteiger partial charge in [-0.3, -0.25) is 63.2 Å². The largest absolute Gasteiger partial charge is 0.380 e. The predicted octanol–water partition coefficient (Wildman–Crippen LogP) is 16.1. The molecule has 16 aromatic heterocycles. The van der Waals surface area contributed by atoms with Crippen LogP contribution in [0.4, 0.5) is 5.69 Å². The number of ether oxygens (including phenoxy) is 1. The molecule has 1 unspecified atom stereocenters. The monoisotopic (exact) mass is 1870 g/mol. The molecule has 36 heteroatoms. The Bertz CT molecular complexity index is 7760. The molecule has 0 radical (unpaired) electrons. The van der Waals surface area contributed by atoms with Gasteiger partial charge in [0.2, 0.25) is 0 Å². The molecule has 0 aliphatic carbocycles. The molecular formula is C96H85ClN22O8S5. The minimum atomic E-state index is -0.266. The van der Waals surface area contributed by atoms with Crippen molar-refractivity contribution in [1.29, 1.82) is 0 Å². The van der Waals surface area contributed by atoms with Crippen LogP contribution in [0, 0.1) is 27.7 Å². The highest BCUT2D eigenvalue weighted by Crippen LogP contribution is 2.38. The zero-order valence-corrected chi connectivity index (χ0v) is 77.4. The Morgan fingerprint density at radius 2 is 0.955 bits per heavy atom. The van der Waals surface area contributed by atoms with E-state index in [2.05, 4.69) is 149 Å². The van der Waals surface area contributed by atoms with Gasteiger partial charge in [0.05, 0.1) is 46.5 Å². The van der Waals surface area contributed by atoms with E-state index in [0.29, 0.717) is 161 Å². The van der Waals surface area contributed by atoms with Gasteiger partial charge in [0.15, 0.2) is 29.1 Å². The number of pyridine rings is 5. The van der Waals surface area contributed by atoms with Crippen molar-refractivity contribution in [2.75, 3.05) is 71.9 Å². The molecule has 19 aromatic rings. The standard InChI is InChI=1S/C23H20ClN5O2S.C21H20N4OS.C20H19N7O2S.C20H17N3O2S.C12H9N3OS/c1-14-5-6-15(12-17(14)24)28-8-10-29(11-9-28)23(31)16-13-32-20-19(16)26-21(27-22(20)30)18-4-2-3-7-25-18;1-13-7-8-14(11-25(2)3)10-15(13)16-12-27-19-18(16)23-20(24-21(19)26)17-6-4-5-9-22-17;1-26-9-12(8-23-26)15-10-27(7-6-22-15)20(29)13-11-30-17-16(13)24-18(25-19(17)28)14-4-2-3-5-21-14;1-12-9-13(6-7-14(12)10-25-2)15-11-26-18-17(15)22-19(23-20(18)24)16-5-3-4-8-21-16;1-7-6-9-10(17-7)12(16)15-11(14-9)8-4-2-3-5-13-8/h2-7,12-13H,8-11H2,1H3,(H,26,27,30);4-10,12H,11H2,1-3H3,(H,23,24,26);2-5,8-9,11,15,22H,6-7,10H2,1H3,(H,24,25,28);3-9,11H,10H2,1-2H3,(H,22,23,24);2-6H,1H3,(H,14,15,16). The smallest absolute Gasteiger partial charge is 0.269 e. The number of carbonyl (C=O) groups excluding carboxylic acids is 2. The highest BCUT2D eigenvalue weighted by Gasteiger charge is 2.31. The van der Waals surface area contributed by atoms with E-state index in [4.69, 9.17) is 26.3 Å². The molecular weight excluding hydrogens is 1780 g/mol. The summed E-state index contributed by atoms with van der Waals surface area (Å²) in [6.45, 7) is 13.9. The fourth-order valence-corrected chi connectivity index (χ4v) is 19.8. The van der Waals surface area contributed by atoms with Crippen LogP contribution >= 0.6 is 68.3 Å². The van der Waals surface area contributed by atoms with Gasteiger partial charge in [-0.25, -0.2) is 24.9 Å². The Morgan fingerprint density at radius 1 is 0.485 bits per heavy atom. The van der Waals surface area contributed by atoms with Gasteiger partial charge in [-0.1, -0.05) is 78.3 Å². The molecule has 6 N–H and O–H groups in total. The number of halogens is 1. The summed E-state index contributed by atoms with van der Waals surface area (Å²) >= 11 is 13.0. The van der Waals surface area contributed by atoms with Gasteiger partial charge in [0.25, 0.3) is 39.6 Å². The molecule has 30 nitrogen and oxygen atoms in total. The van der Waals surface area contributed by atoms with E-state index >= 15 is 0 Å². The molecule has 0 bridgehead atoms. The topological polar surface area (TPSA) is 379 Å². The van der Waals surface area contributed by atoms with E-state index in [1.54, 1.807) is 82.7 Å². The molecule has 2 aliphatic rings. The van der Waals surface area contributed by atoms with Gasteiger partial charge < -0.3 is 54.6 Å². The van der Waals surface area contributed by atoms with E-state index in [9.17, 15) is 33.6 Å². The number of hydrogen-bond acceptors (Lipinski definition) is 27. The molecule has 2 fully saturated rings. The number of nitrogens with zero attached hydrogens (tertiary/aromatic N) is 16. The van der Waals surface area contributed by atoms with Crippen molar-refractivity contribution in [3.05, 3.63) is 323 Å². The Balaban J connectivity index is 0.000000117. The van der Waals surface area contributed by atoms with Gasteiger partial charge in [0, 0.05) is 157 Å². The summed E-state index contributed by atoms with van der Waals surface area (Å²) in [5.74, 6) is 1.97. The van der Waals surface area contributed by atoms with E-state index < -0.39 is 0 Å². The third kappa shape index (κ3) is 19.9. The number of rotatable bonds is 15. The van der Waals surface area contributed by atoms with Crippen LogP contribution in [0.2, 0.25) is 5.02 Å². The van der Waals surface area contributed by atoms with Gasteiger partial charge in [0.1, 0.15) is 63.0 Å². The van der Waals surface area contributed by atoms with Crippen molar-refractivity contribution in [1.82, 2.24) is 105 Å². The lowest BCUT2D eigenvalue weighted by molar-refractivity contribution is 0.0704. The second-order valence-electron chi connectivity index (χ2n) is 31.4. The maximum absolute atomic E-state index is 13.3. The molecule has 2 amide bonds. The Hall–Kier alpha value is -14.3. The number of H-pyrrole nitrogens is 5. The number of amides is 2. The van der Waals surface area contributed by atoms with E-state index in [1.165, 1.54) is 67.8 Å². The Kier molecular flexibility index (Phi) is 27.2. The number of fused-ring (bicyclic) bond motifs is 5. The second kappa shape index (κ2) is 40.0. The molecule has 18 heterocycles. The van der Waals surface area contributed by atoms with Gasteiger partial charge in [-0.05, 0) is 166 Å². The van der Waals surface area contributed by atoms with Crippen LogP contribution in [0.25, 0.3) is 131 Å². The highest BCUT2D eigenvalue weighted by molar-refractivity contribution is 7.19. The summed E-state index contributed by atoms with van der Waals surface area (Å²) in [4.78, 5) is 156. The third-order valence-corrected chi connectivity index (χ3v) is 27.3. The first-order chi connectivity index (χ1) is 64.0. The molecule has 0 saturated carbocycles. The van der Waals surface area contributed by atoms with Crippen molar-refractivity contribution in [3.63, 3.8) is 0 Å². The minimum absolute atomic E-state index is 0.0155. The number of aryl methyl sites for hydroxylation is 5. The maximum Gasteiger partial charge on any atom is 0.269 e. The lowest BCUT2D eigenvalue weighted by Crippen LogP contribution is -2.48. The average molecular weight is 1870 g/mol. The summed E-state index contributed by atoms with van der Waals surface area (Å²) in [5.41, 5.74) is 18.1. The molecule has 21 rings (SSSR count). The number of aromatic amines is 5. The van der Waals surface area contributed by atoms with E-state index in [1.807, 2.05) is 140 Å². The normalized spacial score (nSPS) is 13.2. The van der Waals surface area contributed by atoms with Crippen LogP contribution in [0.3, 0.4) is 0 Å². The zero-order chi connectivity index (χ0) is 91.8. The predicted molar refractivity (Wildman–Crippen MR) is 525 cm³/mol.